The SMILES string of the molecule is CCOc1ccc(C=C2Sc3ccc(C(=O)N4CCN(c5ccc(Cl)cc5)CC4)cc3N(C)C2=O)cc1OC. The Bertz CT molecular complexity index is 1420. The van der Waals surface area contributed by atoms with E-state index in [1.165, 1.54) is 11.8 Å². The van der Waals surface area contributed by atoms with Crippen molar-refractivity contribution in [3.05, 3.63) is 81.7 Å². The van der Waals surface area contributed by atoms with Crippen LogP contribution in [0.5, 0.6) is 11.5 Å². The van der Waals surface area contributed by atoms with Gasteiger partial charge in [-0.1, -0.05) is 29.4 Å². The summed E-state index contributed by atoms with van der Waals surface area (Å²) in [6.07, 6.45) is 1.85. The normalized spacial score (nSPS) is 16.4. The first-order valence-electron chi connectivity index (χ1n) is 12.8. The van der Waals surface area contributed by atoms with Crippen LogP contribution in [0.4, 0.5) is 11.4 Å². The number of benzene rings is 3. The summed E-state index contributed by atoms with van der Waals surface area (Å²) in [5.41, 5.74) is 3.26. The van der Waals surface area contributed by atoms with Crippen molar-refractivity contribution in [2.24, 2.45) is 0 Å². The number of carbonyl (C=O) groups is 2. The maximum absolute atomic E-state index is 13.3. The molecule has 0 spiro atoms. The molecule has 7 nitrogen and oxygen atoms in total. The van der Waals surface area contributed by atoms with Crippen molar-refractivity contribution in [1.82, 2.24) is 4.90 Å². The predicted octanol–water partition coefficient (Wildman–Crippen LogP) is 5.82. The van der Waals surface area contributed by atoms with E-state index in [0.29, 0.717) is 46.7 Å². The molecule has 202 valence electrons. The Labute approximate surface area is 237 Å². The van der Waals surface area contributed by atoms with Gasteiger partial charge < -0.3 is 24.2 Å². The molecule has 2 aliphatic rings. The fourth-order valence-electron chi connectivity index (χ4n) is 4.73. The minimum atomic E-state index is -0.124. The molecule has 0 unspecified atom stereocenters. The second kappa shape index (κ2) is 11.6. The summed E-state index contributed by atoms with van der Waals surface area (Å²) in [5.74, 6) is 1.13. The van der Waals surface area contributed by atoms with Crippen LogP contribution in [0.3, 0.4) is 0 Å². The number of ether oxygens (including phenoxy) is 2. The Kier molecular flexibility index (Phi) is 8.04. The maximum Gasteiger partial charge on any atom is 0.264 e. The van der Waals surface area contributed by atoms with E-state index in [2.05, 4.69) is 4.90 Å². The Morgan fingerprint density at radius 2 is 1.74 bits per heavy atom. The summed E-state index contributed by atoms with van der Waals surface area (Å²) in [5, 5.41) is 0.709. The molecule has 5 rings (SSSR count). The zero-order chi connectivity index (χ0) is 27.5. The first kappa shape index (κ1) is 27.0. The maximum atomic E-state index is 13.3. The number of hydrogen-bond acceptors (Lipinski definition) is 6. The highest BCUT2D eigenvalue weighted by molar-refractivity contribution is 8.04. The topological polar surface area (TPSA) is 62.3 Å². The standard InChI is InChI=1S/C30H30ClN3O4S/c1-4-38-25-11-5-20(17-26(25)37-3)18-28-30(36)32(2)24-19-21(6-12-27(24)39-28)29(35)34-15-13-33(14-16-34)23-9-7-22(31)8-10-23/h5-12,17-19H,4,13-16H2,1-3H3. The number of anilines is 2. The summed E-state index contributed by atoms with van der Waals surface area (Å²) >= 11 is 7.42. The molecule has 39 heavy (non-hydrogen) atoms. The van der Waals surface area contributed by atoms with Gasteiger partial charge in [-0.05, 0) is 73.2 Å². The molecule has 2 aliphatic heterocycles. The third-order valence-corrected chi connectivity index (χ3v) is 8.18. The average molecular weight is 564 g/mol. The van der Waals surface area contributed by atoms with Gasteiger partial charge in [0.05, 0.1) is 24.3 Å². The lowest BCUT2D eigenvalue weighted by Gasteiger charge is -2.36. The zero-order valence-corrected chi connectivity index (χ0v) is 23.7. The summed E-state index contributed by atoms with van der Waals surface area (Å²) in [7, 11) is 3.34. The van der Waals surface area contributed by atoms with E-state index in [9.17, 15) is 9.59 Å². The number of hydrogen-bond donors (Lipinski definition) is 0. The van der Waals surface area contributed by atoms with Crippen molar-refractivity contribution < 1.29 is 19.1 Å². The molecule has 0 bridgehead atoms. The monoisotopic (exact) mass is 563 g/mol. The molecule has 1 fully saturated rings. The molecule has 0 aliphatic carbocycles. The molecule has 9 heteroatoms. The van der Waals surface area contributed by atoms with Crippen molar-refractivity contribution in [2.45, 2.75) is 11.8 Å². The second-order valence-electron chi connectivity index (χ2n) is 9.26. The molecule has 1 saturated heterocycles. The molecule has 3 aromatic rings. The van der Waals surface area contributed by atoms with E-state index in [1.807, 2.05) is 78.6 Å². The first-order chi connectivity index (χ1) is 18.9. The number of nitrogens with zero attached hydrogens (tertiary/aromatic N) is 3. The highest BCUT2D eigenvalue weighted by Gasteiger charge is 2.29. The summed E-state index contributed by atoms with van der Waals surface area (Å²) < 4.78 is 11.0. The van der Waals surface area contributed by atoms with Crippen molar-refractivity contribution in [2.75, 3.05) is 56.7 Å². The average Bonchev–Trinajstić information content (AvgIpc) is 2.96. The second-order valence-corrected chi connectivity index (χ2v) is 10.8. The van der Waals surface area contributed by atoms with Crippen LogP contribution < -0.4 is 19.3 Å². The van der Waals surface area contributed by atoms with Crippen LogP contribution >= 0.6 is 23.4 Å². The van der Waals surface area contributed by atoms with Crippen LogP contribution in [0.1, 0.15) is 22.8 Å². The van der Waals surface area contributed by atoms with Gasteiger partial charge >= 0.3 is 0 Å². The molecule has 0 aromatic heterocycles. The molecule has 0 N–H and O–H groups in total. The third kappa shape index (κ3) is 5.72. The van der Waals surface area contributed by atoms with Gasteiger partial charge in [-0.2, -0.15) is 0 Å². The highest BCUT2D eigenvalue weighted by atomic mass is 35.5. The smallest absolute Gasteiger partial charge is 0.264 e. The van der Waals surface area contributed by atoms with Gasteiger partial charge in [-0.25, -0.2) is 0 Å². The van der Waals surface area contributed by atoms with Crippen LogP contribution in [0, 0.1) is 0 Å². The van der Waals surface area contributed by atoms with Gasteiger partial charge in [-0.3, -0.25) is 9.59 Å². The van der Waals surface area contributed by atoms with Crippen molar-refractivity contribution >= 4 is 52.6 Å². The van der Waals surface area contributed by atoms with E-state index >= 15 is 0 Å². The van der Waals surface area contributed by atoms with Gasteiger partial charge in [0.2, 0.25) is 0 Å². The number of carbonyl (C=O) groups excluding carboxylic acids is 2. The Morgan fingerprint density at radius 1 is 1.00 bits per heavy atom. The molecule has 2 heterocycles. The lowest BCUT2D eigenvalue weighted by atomic mass is 10.1. The highest BCUT2D eigenvalue weighted by Crippen LogP contribution is 2.42. The van der Waals surface area contributed by atoms with Crippen LogP contribution in [0.25, 0.3) is 6.08 Å². The van der Waals surface area contributed by atoms with Crippen LogP contribution in [0.15, 0.2) is 70.5 Å². The van der Waals surface area contributed by atoms with Gasteiger partial charge in [0.25, 0.3) is 11.8 Å². The largest absolute Gasteiger partial charge is 0.493 e. The van der Waals surface area contributed by atoms with Crippen molar-refractivity contribution in [3.63, 3.8) is 0 Å². The number of amides is 2. The lowest BCUT2D eigenvalue weighted by molar-refractivity contribution is -0.114. The number of fused-ring (bicyclic) bond motifs is 1. The molecule has 0 radical (unpaired) electrons. The number of likely N-dealkylation sites (N-methyl/N-ethyl adjacent to an activating group) is 1. The van der Waals surface area contributed by atoms with E-state index in [0.717, 1.165) is 34.9 Å². The third-order valence-electron chi connectivity index (χ3n) is 6.85. The fraction of sp³-hybridized carbons (Fsp3) is 0.267. The van der Waals surface area contributed by atoms with Gasteiger partial charge in [0.15, 0.2) is 11.5 Å². The van der Waals surface area contributed by atoms with Crippen molar-refractivity contribution in [1.29, 1.82) is 0 Å². The number of halogens is 1. The summed E-state index contributed by atoms with van der Waals surface area (Å²) in [4.78, 5) is 33.9. The van der Waals surface area contributed by atoms with Crippen molar-refractivity contribution in [3.8, 4) is 11.5 Å². The molecular weight excluding hydrogens is 534 g/mol. The Morgan fingerprint density at radius 3 is 2.44 bits per heavy atom. The number of piperazine rings is 1. The summed E-state index contributed by atoms with van der Waals surface area (Å²) in [6.45, 7) is 5.20. The van der Waals surface area contributed by atoms with E-state index in [4.69, 9.17) is 21.1 Å². The summed E-state index contributed by atoms with van der Waals surface area (Å²) in [6, 6.07) is 19.0. The minimum Gasteiger partial charge on any atom is -0.493 e. The first-order valence-corrected chi connectivity index (χ1v) is 14.0. The van der Waals surface area contributed by atoms with E-state index < -0.39 is 0 Å². The van der Waals surface area contributed by atoms with Crippen LogP contribution in [-0.4, -0.2) is 63.7 Å². The minimum absolute atomic E-state index is 0.0257. The zero-order valence-electron chi connectivity index (χ0n) is 22.1. The number of thioether (sulfide) groups is 1. The fourth-order valence-corrected chi connectivity index (χ4v) is 5.95. The molecular formula is C30H30ClN3O4S. The quantitative estimate of drug-likeness (QED) is 0.352. The van der Waals surface area contributed by atoms with Gasteiger partial charge in [-0.15, -0.1) is 0 Å². The molecule has 0 saturated carbocycles. The van der Waals surface area contributed by atoms with E-state index in [1.54, 1.807) is 19.1 Å². The number of rotatable bonds is 6. The molecule has 0 atom stereocenters. The van der Waals surface area contributed by atoms with Crippen LogP contribution in [-0.2, 0) is 4.79 Å². The van der Waals surface area contributed by atoms with Crippen LogP contribution in [0.2, 0.25) is 5.02 Å². The Balaban J connectivity index is 1.30. The molecule has 2 amide bonds. The molecule has 3 aromatic carbocycles. The van der Waals surface area contributed by atoms with E-state index in [-0.39, 0.29) is 11.8 Å². The van der Waals surface area contributed by atoms with Gasteiger partial charge in [0.1, 0.15) is 0 Å². The predicted molar refractivity (Wildman–Crippen MR) is 157 cm³/mol. The number of methoxy groups -OCH3 is 1. The van der Waals surface area contributed by atoms with Gasteiger partial charge in [0, 0.05) is 54.4 Å². The lowest BCUT2D eigenvalue weighted by Crippen LogP contribution is -2.48. The Hall–Kier alpha value is -3.62.